The van der Waals surface area contributed by atoms with E-state index in [2.05, 4.69) is 74.4 Å². The molecule has 0 radical (unpaired) electrons. The molecule has 1 saturated heterocycles. The molecule has 1 fully saturated rings. The summed E-state index contributed by atoms with van der Waals surface area (Å²) < 4.78 is 0. The topological polar surface area (TPSA) is 41.9 Å². The summed E-state index contributed by atoms with van der Waals surface area (Å²) in [7, 11) is 0. The monoisotopic (exact) mass is 352 g/mol. The SMILES string of the molecule is c1ccc2c(-c3ncc(CN4CC(c5ccncc5)C4)cn3)cccc2c1. The largest absolute Gasteiger partial charge is 0.298 e. The molecule has 0 amide bonds. The van der Waals surface area contributed by atoms with E-state index in [1.165, 1.54) is 16.3 Å². The van der Waals surface area contributed by atoms with Gasteiger partial charge in [-0.1, -0.05) is 42.5 Å². The molecule has 132 valence electrons. The number of likely N-dealkylation sites (tertiary alicyclic amines) is 1. The molecule has 4 heteroatoms. The average Bonchev–Trinajstić information content (AvgIpc) is 2.71. The third-order valence-corrected chi connectivity index (χ3v) is 5.28. The fraction of sp³-hybridized carbons (Fsp3) is 0.174. The minimum atomic E-state index is 0.615. The lowest BCUT2D eigenvalue weighted by Gasteiger charge is -2.39. The van der Waals surface area contributed by atoms with E-state index in [4.69, 9.17) is 0 Å². The van der Waals surface area contributed by atoms with Gasteiger partial charge in [0.1, 0.15) is 0 Å². The molecule has 4 nitrogen and oxygen atoms in total. The third kappa shape index (κ3) is 3.20. The van der Waals surface area contributed by atoms with Gasteiger partial charge >= 0.3 is 0 Å². The Labute approximate surface area is 158 Å². The van der Waals surface area contributed by atoms with Crippen LogP contribution in [0.5, 0.6) is 0 Å². The van der Waals surface area contributed by atoms with Crippen LogP contribution < -0.4 is 0 Å². The Bertz CT molecular complexity index is 1050. The molecule has 0 atom stereocenters. The van der Waals surface area contributed by atoms with Gasteiger partial charge in [0.05, 0.1) is 0 Å². The van der Waals surface area contributed by atoms with Gasteiger partial charge in [0.2, 0.25) is 0 Å². The third-order valence-electron chi connectivity index (χ3n) is 5.28. The molecule has 0 unspecified atom stereocenters. The van der Waals surface area contributed by atoms with Gasteiger partial charge in [0, 0.05) is 61.5 Å². The maximum absolute atomic E-state index is 4.64. The van der Waals surface area contributed by atoms with E-state index >= 15 is 0 Å². The van der Waals surface area contributed by atoms with E-state index in [9.17, 15) is 0 Å². The maximum atomic E-state index is 4.64. The molecule has 1 aliphatic heterocycles. The molecule has 0 spiro atoms. The molecule has 2 aromatic carbocycles. The molecule has 5 rings (SSSR count). The van der Waals surface area contributed by atoms with E-state index in [1.807, 2.05) is 24.8 Å². The summed E-state index contributed by atoms with van der Waals surface area (Å²) >= 11 is 0. The molecule has 4 aromatic rings. The minimum absolute atomic E-state index is 0.615. The normalized spacial score (nSPS) is 15.0. The summed E-state index contributed by atoms with van der Waals surface area (Å²) in [5.41, 5.74) is 3.62. The van der Waals surface area contributed by atoms with Gasteiger partial charge in [0.25, 0.3) is 0 Å². The standard InChI is InChI=1S/C23H20N4/c1-2-6-21-19(4-1)5-3-7-22(21)23-25-12-17(13-26-23)14-27-15-20(16-27)18-8-10-24-11-9-18/h1-13,20H,14-16H2. The van der Waals surface area contributed by atoms with Crippen molar-refractivity contribution in [1.82, 2.24) is 19.9 Å². The van der Waals surface area contributed by atoms with Crippen molar-refractivity contribution in [2.45, 2.75) is 12.5 Å². The molecule has 0 bridgehead atoms. The first-order valence-electron chi connectivity index (χ1n) is 9.28. The number of hydrogen-bond acceptors (Lipinski definition) is 4. The van der Waals surface area contributed by atoms with Crippen molar-refractivity contribution in [1.29, 1.82) is 0 Å². The fourth-order valence-corrected chi connectivity index (χ4v) is 3.80. The van der Waals surface area contributed by atoms with E-state index in [1.54, 1.807) is 0 Å². The van der Waals surface area contributed by atoms with Crippen LogP contribution in [0.2, 0.25) is 0 Å². The van der Waals surface area contributed by atoms with Gasteiger partial charge in [0.15, 0.2) is 5.82 Å². The summed E-state index contributed by atoms with van der Waals surface area (Å²) in [6, 6.07) is 18.9. The van der Waals surface area contributed by atoms with Crippen molar-refractivity contribution in [3.63, 3.8) is 0 Å². The molecular formula is C23H20N4. The van der Waals surface area contributed by atoms with Gasteiger partial charge in [-0.2, -0.15) is 0 Å². The maximum Gasteiger partial charge on any atom is 0.159 e. The Kier molecular flexibility index (Phi) is 4.11. The molecule has 0 N–H and O–H groups in total. The van der Waals surface area contributed by atoms with E-state index in [0.717, 1.165) is 36.6 Å². The van der Waals surface area contributed by atoms with Crippen LogP contribution in [0.1, 0.15) is 17.0 Å². The smallest absolute Gasteiger partial charge is 0.159 e. The lowest BCUT2D eigenvalue weighted by Crippen LogP contribution is -2.44. The molecule has 2 aromatic heterocycles. The molecule has 0 saturated carbocycles. The highest BCUT2D eigenvalue weighted by molar-refractivity contribution is 5.94. The average molecular weight is 352 g/mol. The number of pyridine rings is 1. The summed E-state index contributed by atoms with van der Waals surface area (Å²) in [5, 5.41) is 2.40. The van der Waals surface area contributed by atoms with Crippen molar-refractivity contribution >= 4 is 10.8 Å². The highest BCUT2D eigenvalue weighted by atomic mass is 15.2. The number of benzene rings is 2. The highest BCUT2D eigenvalue weighted by Crippen LogP contribution is 2.28. The lowest BCUT2D eigenvalue weighted by atomic mass is 9.92. The fourth-order valence-electron chi connectivity index (χ4n) is 3.80. The van der Waals surface area contributed by atoms with Crippen LogP contribution in [0.3, 0.4) is 0 Å². The second kappa shape index (κ2) is 6.89. The minimum Gasteiger partial charge on any atom is -0.298 e. The van der Waals surface area contributed by atoms with Gasteiger partial charge in [-0.15, -0.1) is 0 Å². The zero-order chi connectivity index (χ0) is 18.1. The first-order valence-corrected chi connectivity index (χ1v) is 9.28. The number of hydrogen-bond donors (Lipinski definition) is 0. The predicted octanol–water partition coefficient (Wildman–Crippen LogP) is 4.29. The second-order valence-corrected chi connectivity index (χ2v) is 7.11. The van der Waals surface area contributed by atoms with Gasteiger partial charge in [-0.3, -0.25) is 9.88 Å². The lowest BCUT2D eigenvalue weighted by molar-refractivity contribution is 0.139. The summed E-state index contributed by atoms with van der Waals surface area (Å²) in [4.78, 5) is 15.8. The first kappa shape index (κ1) is 16.1. The zero-order valence-electron chi connectivity index (χ0n) is 15.0. The number of nitrogens with zero attached hydrogens (tertiary/aromatic N) is 4. The predicted molar refractivity (Wildman–Crippen MR) is 107 cm³/mol. The molecule has 0 aliphatic carbocycles. The van der Waals surface area contributed by atoms with Crippen LogP contribution >= 0.6 is 0 Å². The highest BCUT2D eigenvalue weighted by Gasteiger charge is 2.27. The van der Waals surface area contributed by atoms with E-state index < -0.39 is 0 Å². The number of rotatable bonds is 4. The van der Waals surface area contributed by atoms with Crippen LogP contribution in [0.15, 0.2) is 79.4 Å². The summed E-state index contributed by atoms with van der Waals surface area (Å²) in [6.45, 7) is 3.06. The Hall–Kier alpha value is -3.11. The van der Waals surface area contributed by atoms with Crippen molar-refractivity contribution in [3.8, 4) is 11.4 Å². The van der Waals surface area contributed by atoms with Crippen molar-refractivity contribution in [2.75, 3.05) is 13.1 Å². The molecule has 3 heterocycles. The van der Waals surface area contributed by atoms with Gasteiger partial charge in [-0.05, 0) is 28.5 Å². The van der Waals surface area contributed by atoms with Crippen molar-refractivity contribution in [3.05, 3.63) is 90.5 Å². The summed E-state index contributed by atoms with van der Waals surface area (Å²) in [6.07, 6.45) is 7.67. The van der Waals surface area contributed by atoms with Gasteiger partial charge in [-0.25, -0.2) is 9.97 Å². The number of aromatic nitrogens is 3. The second-order valence-electron chi connectivity index (χ2n) is 7.11. The molecule has 27 heavy (non-hydrogen) atoms. The van der Waals surface area contributed by atoms with E-state index in [-0.39, 0.29) is 0 Å². The van der Waals surface area contributed by atoms with Crippen LogP contribution in [0.25, 0.3) is 22.2 Å². The Balaban J connectivity index is 1.29. The Morgan fingerprint density at radius 1 is 0.852 bits per heavy atom. The van der Waals surface area contributed by atoms with Crippen LogP contribution in [-0.2, 0) is 6.54 Å². The van der Waals surface area contributed by atoms with E-state index in [0.29, 0.717) is 5.92 Å². The molecule has 1 aliphatic rings. The van der Waals surface area contributed by atoms with Gasteiger partial charge < -0.3 is 0 Å². The van der Waals surface area contributed by atoms with Crippen LogP contribution in [-0.4, -0.2) is 32.9 Å². The summed E-state index contributed by atoms with van der Waals surface area (Å²) in [5.74, 6) is 1.40. The Morgan fingerprint density at radius 2 is 1.59 bits per heavy atom. The number of fused-ring (bicyclic) bond motifs is 1. The van der Waals surface area contributed by atoms with Crippen molar-refractivity contribution in [2.24, 2.45) is 0 Å². The van der Waals surface area contributed by atoms with Crippen LogP contribution in [0, 0.1) is 0 Å². The first-order chi connectivity index (χ1) is 13.4. The van der Waals surface area contributed by atoms with Crippen LogP contribution in [0.4, 0.5) is 0 Å². The quantitative estimate of drug-likeness (QED) is 0.549. The zero-order valence-corrected chi connectivity index (χ0v) is 15.0. The van der Waals surface area contributed by atoms with Crippen molar-refractivity contribution < 1.29 is 0 Å². The molecular weight excluding hydrogens is 332 g/mol. The Morgan fingerprint density at radius 3 is 2.41 bits per heavy atom.